The molecule has 0 N–H and O–H groups in total. The molecule has 5 heteroatoms. The second-order valence-electron chi connectivity index (χ2n) is 4.76. The largest absolute Gasteiger partial charge is 0.341 e. The molecule has 2 rings (SSSR count). The number of piperidine rings is 1. The summed E-state index contributed by atoms with van der Waals surface area (Å²) in [6.07, 6.45) is 4.96. The van der Waals surface area contributed by atoms with Crippen LogP contribution in [0.2, 0.25) is 0 Å². The van der Waals surface area contributed by atoms with Gasteiger partial charge in [-0.15, -0.1) is 11.6 Å². The van der Waals surface area contributed by atoms with Crippen LogP contribution in [-0.4, -0.2) is 53.2 Å². The molecule has 2 saturated heterocycles. The summed E-state index contributed by atoms with van der Waals surface area (Å²) in [4.78, 5) is 27.6. The predicted molar refractivity (Wildman–Crippen MR) is 65.9 cm³/mol. The number of hydrogen-bond donors (Lipinski definition) is 0. The maximum absolute atomic E-state index is 12.3. The minimum absolute atomic E-state index is 0.0240. The molecule has 2 heterocycles. The molecule has 0 spiro atoms. The minimum atomic E-state index is -0.256. The number of carbonyl (C=O) groups excluding carboxylic acids is 2. The predicted octanol–water partition coefficient (Wildman–Crippen LogP) is 1.23. The van der Waals surface area contributed by atoms with Gasteiger partial charge in [0.15, 0.2) is 0 Å². The van der Waals surface area contributed by atoms with Gasteiger partial charge in [-0.25, -0.2) is 0 Å². The van der Waals surface area contributed by atoms with Gasteiger partial charge in [0.1, 0.15) is 11.9 Å². The summed E-state index contributed by atoms with van der Waals surface area (Å²) >= 11 is 5.60. The number of nitrogens with zero attached hydrogens (tertiary/aromatic N) is 2. The highest BCUT2D eigenvalue weighted by Gasteiger charge is 2.34. The monoisotopic (exact) mass is 258 g/mol. The highest BCUT2D eigenvalue weighted by molar-refractivity contribution is 6.27. The van der Waals surface area contributed by atoms with Gasteiger partial charge >= 0.3 is 0 Å². The maximum Gasteiger partial charge on any atom is 0.245 e. The lowest BCUT2D eigenvalue weighted by atomic mass is 10.0. The van der Waals surface area contributed by atoms with Crippen LogP contribution in [-0.2, 0) is 9.59 Å². The fourth-order valence-electron chi connectivity index (χ4n) is 2.71. The Balaban J connectivity index is 2.04. The summed E-state index contributed by atoms with van der Waals surface area (Å²) in [6, 6.07) is -0.256. The van der Waals surface area contributed by atoms with Gasteiger partial charge in [-0.3, -0.25) is 9.59 Å². The molecule has 0 aromatic heterocycles. The quantitative estimate of drug-likeness (QED) is 0.699. The number of carbonyl (C=O) groups is 2. The Morgan fingerprint density at radius 3 is 2.35 bits per heavy atom. The average molecular weight is 259 g/mol. The van der Waals surface area contributed by atoms with Crippen LogP contribution in [0, 0.1) is 0 Å². The van der Waals surface area contributed by atoms with Crippen molar-refractivity contribution >= 4 is 23.4 Å². The van der Waals surface area contributed by atoms with Crippen molar-refractivity contribution in [2.45, 2.75) is 38.1 Å². The Morgan fingerprint density at radius 1 is 1.06 bits per heavy atom. The first-order valence-corrected chi connectivity index (χ1v) is 6.91. The second-order valence-corrected chi connectivity index (χ2v) is 5.03. The van der Waals surface area contributed by atoms with E-state index in [4.69, 9.17) is 11.6 Å². The van der Waals surface area contributed by atoms with E-state index < -0.39 is 0 Å². The zero-order valence-corrected chi connectivity index (χ0v) is 10.8. The number of amides is 2. The van der Waals surface area contributed by atoms with Crippen molar-refractivity contribution in [1.29, 1.82) is 0 Å². The van der Waals surface area contributed by atoms with Gasteiger partial charge in [-0.2, -0.15) is 0 Å². The van der Waals surface area contributed by atoms with Crippen molar-refractivity contribution in [3.8, 4) is 0 Å². The highest BCUT2D eigenvalue weighted by atomic mass is 35.5. The summed E-state index contributed by atoms with van der Waals surface area (Å²) in [5, 5.41) is 0. The van der Waals surface area contributed by atoms with E-state index in [2.05, 4.69) is 0 Å². The molecule has 1 atom stereocenters. The van der Waals surface area contributed by atoms with Crippen molar-refractivity contribution in [3.63, 3.8) is 0 Å². The third kappa shape index (κ3) is 2.73. The zero-order valence-electron chi connectivity index (χ0n) is 10.0. The van der Waals surface area contributed by atoms with E-state index in [-0.39, 0.29) is 23.7 Å². The first-order chi connectivity index (χ1) is 8.24. The summed E-state index contributed by atoms with van der Waals surface area (Å²) in [5.41, 5.74) is 0. The topological polar surface area (TPSA) is 40.6 Å². The summed E-state index contributed by atoms with van der Waals surface area (Å²) < 4.78 is 0. The number of alkyl halides is 1. The smallest absolute Gasteiger partial charge is 0.245 e. The summed E-state index contributed by atoms with van der Waals surface area (Å²) in [5.74, 6) is -0.00590. The van der Waals surface area contributed by atoms with Crippen molar-refractivity contribution < 1.29 is 9.59 Å². The van der Waals surface area contributed by atoms with E-state index in [9.17, 15) is 9.59 Å². The van der Waals surface area contributed by atoms with Crippen LogP contribution in [0.5, 0.6) is 0 Å². The first kappa shape index (κ1) is 12.7. The van der Waals surface area contributed by atoms with Crippen LogP contribution >= 0.6 is 11.6 Å². The Labute approximate surface area is 107 Å². The molecule has 0 aromatic rings. The molecule has 0 aromatic carbocycles. The van der Waals surface area contributed by atoms with Gasteiger partial charge in [0, 0.05) is 19.6 Å². The van der Waals surface area contributed by atoms with E-state index in [0.717, 1.165) is 45.2 Å². The van der Waals surface area contributed by atoms with E-state index in [0.29, 0.717) is 6.54 Å². The standard InChI is InChI=1S/C12H19ClN2O2/c13-9-11(16)15-8-2-1-5-10(15)12(17)14-6-3-4-7-14/h10H,1-9H2. The van der Waals surface area contributed by atoms with Gasteiger partial charge < -0.3 is 9.80 Å². The zero-order chi connectivity index (χ0) is 12.3. The fraction of sp³-hybridized carbons (Fsp3) is 0.833. The molecule has 0 aliphatic carbocycles. The number of rotatable bonds is 2. The summed E-state index contributed by atoms with van der Waals surface area (Å²) in [7, 11) is 0. The van der Waals surface area contributed by atoms with E-state index >= 15 is 0 Å². The third-order valence-electron chi connectivity index (χ3n) is 3.64. The number of likely N-dealkylation sites (tertiary alicyclic amines) is 2. The first-order valence-electron chi connectivity index (χ1n) is 6.38. The molecule has 4 nitrogen and oxygen atoms in total. The van der Waals surface area contributed by atoms with Gasteiger partial charge in [0.25, 0.3) is 0 Å². The fourth-order valence-corrected chi connectivity index (χ4v) is 2.87. The van der Waals surface area contributed by atoms with Crippen LogP contribution in [0.3, 0.4) is 0 Å². The molecule has 17 heavy (non-hydrogen) atoms. The van der Waals surface area contributed by atoms with Crippen molar-refractivity contribution in [3.05, 3.63) is 0 Å². The summed E-state index contributed by atoms with van der Waals surface area (Å²) in [6.45, 7) is 2.37. The van der Waals surface area contributed by atoms with Gasteiger partial charge in [-0.05, 0) is 32.1 Å². The van der Waals surface area contributed by atoms with Crippen molar-refractivity contribution in [1.82, 2.24) is 9.80 Å². The van der Waals surface area contributed by atoms with Gasteiger partial charge in [-0.1, -0.05) is 0 Å². The third-order valence-corrected chi connectivity index (χ3v) is 3.87. The van der Waals surface area contributed by atoms with E-state index in [1.165, 1.54) is 0 Å². The molecule has 2 amide bonds. The van der Waals surface area contributed by atoms with Crippen LogP contribution in [0.1, 0.15) is 32.1 Å². The Hall–Kier alpha value is -0.770. The highest BCUT2D eigenvalue weighted by Crippen LogP contribution is 2.21. The second kappa shape index (κ2) is 5.71. The van der Waals surface area contributed by atoms with Gasteiger partial charge in [0.2, 0.25) is 11.8 Å². The normalized spacial score (nSPS) is 25.1. The molecule has 2 aliphatic rings. The SMILES string of the molecule is O=C(C1CCCCN1C(=O)CCl)N1CCCC1. The molecule has 0 radical (unpaired) electrons. The molecule has 2 aliphatic heterocycles. The van der Waals surface area contributed by atoms with Crippen LogP contribution in [0.25, 0.3) is 0 Å². The molecule has 0 bridgehead atoms. The molecular weight excluding hydrogens is 240 g/mol. The van der Waals surface area contributed by atoms with Crippen LogP contribution in [0.15, 0.2) is 0 Å². The lowest BCUT2D eigenvalue weighted by Gasteiger charge is -2.36. The molecule has 2 fully saturated rings. The maximum atomic E-state index is 12.3. The minimum Gasteiger partial charge on any atom is -0.341 e. The molecule has 96 valence electrons. The Morgan fingerprint density at radius 2 is 1.71 bits per heavy atom. The molecule has 1 unspecified atom stereocenters. The number of halogens is 1. The molecular formula is C12H19ClN2O2. The van der Waals surface area contributed by atoms with Crippen LogP contribution < -0.4 is 0 Å². The average Bonchev–Trinajstić information content (AvgIpc) is 2.91. The molecule has 0 saturated carbocycles. The lowest BCUT2D eigenvalue weighted by Crippen LogP contribution is -2.52. The van der Waals surface area contributed by atoms with Crippen molar-refractivity contribution in [2.75, 3.05) is 25.5 Å². The Kier molecular flexibility index (Phi) is 4.26. The van der Waals surface area contributed by atoms with Crippen LogP contribution in [0.4, 0.5) is 0 Å². The van der Waals surface area contributed by atoms with Gasteiger partial charge in [0.05, 0.1) is 0 Å². The lowest BCUT2D eigenvalue weighted by molar-refractivity contribution is -0.145. The van der Waals surface area contributed by atoms with Crippen molar-refractivity contribution in [2.24, 2.45) is 0 Å². The van der Waals surface area contributed by atoms with E-state index in [1.807, 2.05) is 4.90 Å². The Bertz CT molecular complexity index is 303. The van der Waals surface area contributed by atoms with E-state index in [1.54, 1.807) is 4.90 Å². The number of hydrogen-bond acceptors (Lipinski definition) is 2.